The summed E-state index contributed by atoms with van der Waals surface area (Å²) in [5.41, 5.74) is -1.56. The molecule has 7 heteroatoms. The Bertz CT molecular complexity index is 450. The summed E-state index contributed by atoms with van der Waals surface area (Å²) in [6.07, 6.45) is -3.60. The van der Waals surface area contributed by atoms with E-state index in [1.165, 1.54) is 0 Å². The molecule has 4 nitrogen and oxygen atoms in total. The highest BCUT2D eigenvalue weighted by atomic mass is 19.4. The molecule has 86 valence electrons. The molecule has 0 heterocycles. The van der Waals surface area contributed by atoms with Crippen LogP contribution in [0.3, 0.4) is 0 Å². The summed E-state index contributed by atoms with van der Waals surface area (Å²) in [5, 5.41) is 18.0. The minimum Gasteiger partial charge on any atom is -0.504 e. The molecule has 2 N–H and O–H groups in total. The summed E-state index contributed by atoms with van der Waals surface area (Å²) in [6, 6.07) is 1.09. The first-order chi connectivity index (χ1) is 7.36. The minimum absolute atomic E-state index is 0.380. The zero-order chi connectivity index (χ0) is 12.3. The third kappa shape index (κ3) is 2.52. The maximum absolute atomic E-state index is 12.5. The first kappa shape index (κ1) is 12.1. The van der Waals surface area contributed by atoms with E-state index in [1.54, 1.807) is 0 Å². The lowest BCUT2D eigenvalue weighted by Crippen LogP contribution is -2.08. The van der Waals surface area contributed by atoms with Gasteiger partial charge in [0, 0.05) is 0 Å². The van der Waals surface area contributed by atoms with Gasteiger partial charge in [0.1, 0.15) is 0 Å². The number of rotatable bonds is 2. The van der Waals surface area contributed by atoms with Crippen LogP contribution in [0.1, 0.15) is 11.1 Å². The molecule has 0 spiro atoms. The molecule has 0 saturated carbocycles. The van der Waals surface area contributed by atoms with Gasteiger partial charge in [0.25, 0.3) is 0 Å². The van der Waals surface area contributed by atoms with Crippen LogP contribution in [0.4, 0.5) is 13.2 Å². The van der Waals surface area contributed by atoms with Crippen molar-refractivity contribution in [2.75, 3.05) is 0 Å². The van der Waals surface area contributed by atoms with Gasteiger partial charge < -0.3 is 10.2 Å². The molecule has 16 heavy (non-hydrogen) atoms. The monoisotopic (exact) mass is 233 g/mol. The number of alkyl halides is 3. The van der Waals surface area contributed by atoms with Crippen LogP contribution in [0.2, 0.25) is 0 Å². The van der Waals surface area contributed by atoms with E-state index < -0.39 is 35.3 Å². The van der Waals surface area contributed by atoms with Crippen LogP contribution >= 0.6 is 0 Å². The fraction of sp³-hybridized carbons (Fsp3) is 0.222. The number of hydrogen-bond acceptors (Lipinski definition) is 4. The number of aromatic hydroxyl groups is 2. The van der Waals surface area contributed by atoms with Gasteiger partial charge in [-0.25, -0.2) is 9.79 Å². The molecule has 0 amide bonds. The molecule has 0 radical (unpaired) electrons. The van der Waals surface area contributed by atoms with Gasteiger partial charge in [-0.3, -0.25) is 0 Å². The number of aliphatic imine (C=N–C) groups is 1. The van der Waals surface area contributed by atoms with Crippen molar-refractivity contribution in [3.05, 3.63) is 23.3 Å². The van der Waals surface area contributed by atoms with Gasteiger partial charge in [-0.05, 0) is 17.7 Å². The molecule has 0 atom stereocenters. The molecule has 0 aliphatic heterocycles. The van der Waals surface area contributed by atoms with Crippen molar-refractivity contribution in [3.8, 4) is 11.5 Å². The Morgan fingerprint density at radius 1 is 1.25 bits per heavy atom. The standard InChI is InChI=1S/C9H6F3NO3/c10-9(11,12)6-2-8(16)7(15)1-5(6)3-13-4-14/h1-2,15-16H,3H2. The van der Waals surface area contributed by atoms with Gasteiger partial charge in [-0.15, -0.1) is 0 Å². The predicted molar refractivity (Wildman–Crippen MR) is 46.6 cm³/mol. The maximum atomic E-state index is 12.5. The average Bonchev–Trinajstić information content (AvgIpc) is 2.17. The summed E-state index contributed by atoms with van der Waals surface area (Å²) < 4.78 is 37.4. The van der Waals surface area contributed by atoms with Crippen molar-refractivity contribution in [2.45, 2.75) is 12.7 Å². The van der Waals surface area contributed by atoms with Crippen LogP contribution in [0.5, 0.6) is 11.5 Å². The number of halogens is 3. The van der Waals surface area contributed by atoms with Crippen molar-refractivity contribution < 1.29 is 28.2 Å². The normalized spacial score (nSPS) is 10.9. The lowest BCUT2D eigenvalue weighted by Gasteiger charge is -2.12. The fourth-order valence-corrected chi connectivity index (χ4v) is 1.13. The van der Waals surface area contributed by atoms with Gasteiger partial charge in [-0.1, -0.05) is 0 Å². The van der Waals surface area contributed by atoms with Gasteiger partial charge in [0.05, 0.1) is 12.1 Å². The second kappa shape index (κ2) is 4.24. The summed E-state index contributed by atoms with van der Waals surface area (Å²) in [4.78, 5) is 12.8. The predicted octanol–water partition coefficient (Wildman–Crippen LogP) is 1.95. The van der Waals surface area contributed by atoms with Crippen LogP contribution in [-0.2, 0) is 17.5 Å². The van der Waals surface area contributed by atoms with Crippen LogP contribution in [-0.4, -0.2) is 16.3 Å². The lowest BCUT2D eigenvalue weighted by atomic mass is 10.1. The van der Waals surface area contributed by atoms with Crippen LogP contribution in [0.15, 0.2) is 17.1 Å². The molecular weight excluding hydrogens is 227 g/mol. The lowest BCUT2D eigenvalue weighted by molar-refractivity contribution is -0.138. The van der Waals surface area contributed by atoms with Crippen LogP contribution in [0.25, 0.3) is 0 Å². The van der Waals surface area contributed by atoms with Crippen LogP contribution in [0, 0.1) is 0 Å². The number of phenolic OH excluding ortho intramolecular Hbond substituents is 2. The van der Waals surface area contributed by atoms with E-state index in [0.29, 0.717) is 12.1 Å². The number of nitrogens with zero attached hydrogens (tertiary/aromatic N) is 1. The summed E-state index contributed by atoms with van der Waals surface area (Å²) in [7, 11) is 0. The Kier molecular flexibility index (Phi) is 3.20. The molecule has 0 fully saturated rings. The Morgan fingerprint density at radius 2 is 1.81 bits per heavy atom. The van der Waals surface area contributed by atoms with Crippen LogP contribution < -0.4 is 0 Å². The molecule has 0 saturated heterocycles. The van der Waals surface area contributed by atoms with Gasteiger partial charge in [0.15, 0.2) is 11.5 Å². The van der Waals surface area contributed by atoms with E-state index in [4.69, 9.17) is 10.2 Å². The van der Waals surface area contributed by atoms with E-state index in [2.05, 4.69) is 4.99 Å². The molecule has 1 aromatic carbocycles. The third-order valence-corrected chi connectivity index (χ3v) is 1.82. The molecule has 0 aromatic heterocycles. The SMILES string of the molecule is O=C=NCc1cc(O)c(O)cc1C(F)(F)F. The number of benzene rings is 1. The second-order valence-corrected chi connectivity index (χ2v) is 2.90. The molecule has 0 aliphatic carbocycles. The molecule has 1 aromatic rings. The van der Waals surface area contributed by atoms with E-state index in [1.807, 2.05) is 0 Å². The summed E-state index contributed by atoms with van der Waals surface area (Å²) in [6.45, 7) is -0.563. The highest BCUT2D eigenvalue weighted by Crippen LogP contribution is 2.38. The second-order valence-electron chi connectivity index (χ2n) is 2.90. The number of hydrogen-bond donors (Lipinski definition) is 2. The zero-order valence-corrected chi connectivity index (χ0v) is 7.75. The van der Waals surface area contributed by atoms with Crippen molar-refractivity contribution in [3.63, 3.8) is 0 Å². The minimum atomic E-state index is -4.70. The van der Waals surface area contributed by atoms with E-state index in [0.717, 1.165) is 6.08 Å². The van der Waals surface area contributed by atoms with Crippen molar-refractivity contribution in [2.24, 2.45) is 4.99 Å². The average molecular weight is 233 g/mol. The van der Waals surface area contributed by atoms with Crippen molar-refractivity contribution in [1.82, 2.24) is 0 Å². The van der Waals surface area contributed by atoms with E-state index >= 15 is 0 Å². The Morgan fingerprint density at radius 3 is 2.31 bits per heavy atom. The molecule has 1 rings (SSSR count). The highest BCUT2D eigenvalue weighted by molar-refractivity contribution is 5.47. The molecule has 0 aliphatic rings. The van der Waals surface area contributed by atoms with Gasteiger partial charge in [0.2, 0.25) is 6.08 Å². The van der Waals surface area contributed by atoms with E-state index in [-0.39, 0.29) is 0 Å². The molecular formula is C9H6F3NO3. The van der Waals surface area contributed by atoms with Gasteiger partial charge >= 0.3 is 6.18 Å². The molecule has 0 bridgehead atoms. The fourth-order valence-electron chi connectivity index (χ4n) is 1.13. The van der Waals surface area contributed by atoms with Gasteiger partial charge in [-0.2, -0.15) is 13.2 Å². The largest absolute Gasteiger partial charge is 0.504 e. The topological polar surface area (TPSA) is 69.9 Å². The third-order valence-electron chi connectivity index (χ3n) is 1.82. The number of carbonyl (C=O) groups excluding carboxylic acids is 1. The highest BCUT2D eigenvalue weighted by Gasteiger charge is 2.34. The maximum Gasteiger partial charge on any atom is 0.416 e. The Balaban J connectivity index is 3.33. The quantitative estimate of drug-likeness (QED) is 0.466. The first-order valence-corrected chi connectivity index (χ1v) is 4.02. The van der Waals surface area contributed by atoms with E-state index in [9.17, 15) is 18.0 Å². The van der Waals surface area contributed by atoms with Crippen molar-refractivity contribution in [1.29, 1.82) is 0 Å². The Hall–Kier alpha value is -2.01. The first-order valence-electron chi connectivity index (χ1n) is 4.02. The molecule has 0 unspecified atom stereocenters. The van der Waals surface area contributed by atoms with Crippen molar-refractivity contribution >= 4 is 6.08 Å². The zero-order valence-electron chi connectivity index (χ0n) is 7.75. The summed E-state index contributed by atoms with van der Waals surface area (Å²) in [5.74, 6) is -1.59. The number of isocyanates is 1. The smallest absolute Gasteiger partial charge is 0.416 e. The summed E-state index contributed by atoms with van der Waals surface area (Å²) >= 11 is 0. The Labute approximate surface area is 87.7 Å². The number of phenols is 2.